The minimum atomic E-state index is 0.416. The van der Waals surface area contributed by atoms with Gasteiger partial charge in [-0.25, -0.2) is 4.98 Å². The molecule has 1 aliphatic rings. The summed E-state index contributed by atoms with van der Waals surface area (Å²) in [6.45, 7) is 0. The van der Waals surface area contributed by atoms with E-state index in [9.17, 15) is 5.26 Å². The van der Waals surface area contributed by atoms with E-state index in [1.807, 2.05) is 30.3 Å². The SMILES string of the molecule is N#Cc1c(N)[nH+]c2c(c1-c1ccccc1Cl)C[C@H](c1ccccc1)CC2. The van der Waals surface area contributed by atoms with E-state index in [2.05, 4.69) is 35.3 Å². The van der Waals surface area contributed by atoms with Gasteiger partial charge in [0.25, 0.3) is 5.82 Å². The maximum Gasteiger partial charge on any atom is 0.289 e. The van der Waals surface area contributed by atoms with Crippen molar-refractivity contribution in [2.45, 2.75) is 25.2 Å². The van der Waals surface area contributed by atoms with Crippen molar-refractivity contribution in [2.75, 3.05) is 5.73 Å². The lowest BCUT2D eigenvalue weighted by molar-refractivity contribution is -0.374. The van der Waals surface area contributed by atoms with Crippen molar-refractivity contribution in [1.82, 2.24) is 0 Å². The second-order valence-corrected chi connectivity index (χ2v) is 7.10. The number of aromatic amines is 1. The van der Waals surface area contributed by atoms with Crippen LogP contribution in [0.3, 0.4) is 0 Å². The van der Waals surface area contributed by atoms with Crippen molar-refractivity contribution in [1.29, 1.82) is 5.26 Å². The number of aryl methyl sites for hydroxylation is 1. The van der Waals surface area contributed by atoms with Gasteiger partial charge in [-0.05, 0) is 30.4 Å². The summed E-state index contributed by atoms with van der Waals surface area (Å²) in [5.74, 6) is 0.841. The predicted molar refractivity (Wildman–Crippen MR) is 104 cm³/mol. The van der Waals surface area contributed by atoms with Gasteiger partial charge in [0.05, 0.1) is 0 Å². The number of fused-ring (bicyclic) bond motifs is 1. The summed E-state index contributed by atoms with van der Waals surface area (Å²) in [5, 5.41) is 10.4. The molecule has 0 aliphatic heterocycles. The largest absolute Gasteiger partial charge is 0.289 e. The fourth-order valence-corrected chi connectivity index (χ4v) is 4.16. The fraction of sp³-hybridized carbons (Fsp3) is 0.182. The summed E-state index contributed by atoms with van der Waals surface area (Å²) in [6, 6.07) is 20.5. The van der Waals surface area contributed by atoms with Crippen molar-refractivity contribution in [3.63, 3.8) is 0 Å². The lowest BCUT2D eigenvalue weighted by Crippen LogP contribution is -2.27. The van der Waals surface area contributed by atoms with Gasteiger partial charge in [-0.2, -0.15) is 5.26 Å². The molecule has 0 spiro atoms. The van der Waals surface area contributed by atoms with Crippen LogP contribution in [0.5, 0.6) is 0 Å². The van der Waals surface area contributed by atoms with Gasteiger partial charge in [-0.1, -0.05) is 60.1 Å². The first-order chi connectivity index (χ1) is 12.7. The number of pyridine rings is 1. The van der Waals surface area contributed by atoms with E-state index >= 15 is 0 Å². The smallest absolute Gasteiger partial charge is 0.286 e. The molecule has 2 aromatic carbocycles. The van der Waals surface area contributed by atoms with Crippen LogP contribution in [0.25, 0.3) is 11.1 Å². The minimum absolute atomic E-state index is 0.416. The van der Waals surface area contributed by atoms with Crippen LogP contribution in [0.2, 0.25) is 5.02 Å². The van der Waals surface area contributed by atoms with E-state index in [1.165, 1.54) is 5.56 Å². The van der Waals surface area contributed by atoms with Crippen LogP contribution >= 0.6 is 11.6 Å². The molecule has 4 rings (SSSR count). The molecular formula is C22H19ClN3+. The molecule has 1 atom stereocenters. The monoisotopic (exact) mass is 360 g/mol. The lowest BCUT2D eigenvalue weighted by Gasteiger charge is -2.26. The Hall–Kier alpha value is -2.83. The molecule has 0 saturated heterocycles. The highest BCUT2D eigenvalue weighted by Gasteiger charge is 2.30. The van der Waals surface area contributed by atoms with E-state index in [0.29, 0.717) is 22.3 Å². The number of aromatic nitrogens is 1. The summed E-state index contributed by atoms with van der Waals surface area (Å²) < 4.78 is 0. The Morgan fingerprint density at radius 1 is 1.08 bits per heavy atom. The fourth-order valence-electron chi connectivity index (χ4n) is 3.93. The Morgan fingerprint density at radius 2 is 1.81 bits per heavy atom. The third-order valence-corrected chi connectivity index (χ3v) is 5.52. The van der Waals surface area contributed by atoms with Gasteiger partial charge in [-0.15, -0.1) is 0 Å². The number of nitrogens with zero attached hydrogens (tertiary/aromatic N) is 1. The topological polar surface area (TPSA) is 64.0 Å². The van der Waals surface area contributed by atoms with Crippen LogP contribution < -0.4 is 10.7 Å². The number of nitrogens with one attached hydrogen (secondary N) is 1. The number of benzene rings is 2. The minimum Gasteiger partial charge on any atom is -0.286 e. The van der Waals surface area contributed by atoms with E-state index in [4.69, 9.17) is 17.3 Å². The number of anilines is 1. The van der Waals surface area contributed by atoms with Crippen molar-refractivity contribution in [2.24, 2.45) is 0 Å². The third kappa shape index (κ3) is 2.83. The quantitative estimate of drug-likeness (QED) is 0.728. The van der Waals surface area contributed by atoms with Gasteiger partial charge < -0.3 is 0 Å². The Balaban J connectivity index is 1.91. The van der Waals surface area contributed by atoms with Crippen LogP contribution in [-0.4, -0.2) is 0 Å². The second kappa shape index (κ2) is 6.82. The zero-order valence-corrected chi connectivity index (χ0v) is 15.1. The van der Waals surface area contributed by atoms with Crippen LogP contribution in [0.4, 0.5) is 5.82 Å². The van der Waals surface area contributed by atoms with Crippen molar-refractivity contribution >= 4 is 17.4 Å². The molecule has 0 fully saturated rings. The first kappa shape index (κ1) is 16.6. The highest BCUT2D eigenvalue weighted by atomic mass is 35.5. The van der Waals surface area contributed by atoms with Crippen LogP contribution in [0, 0.1) is 11.3 Å². The van der Waals surface area contributed by atoms with E-state index in [-0.39, 0.29) is 0 Å². The van der Waals surface area contributed by atoms with E-state index in [0.717, 1.165) is 41.6 Å². The van der Waals surface area contributed by atoms with Gasteiger partial charge in [0.15, 0.2) is 0 Å². The molecule has 1 heterocycles. The maximum absolute atomic E-state index is 9.74. The molecule has 26 heavy (non-hydrogen) atoms. The molecule has 3 nitrogen and oxygen atoms in total. The lowest BCUT2D eigenvalue weighted by atomic mass is 9.78. The molecule has 0 bridgehead atoms. The number of rotatable bonds is 2. The molecule has 4 heteroatoms. The first-order valence-corrected chi connectivity index (χ1v) is 9.13. The summed E-state index contributed by atoms with van der Waals surface area (Å²) in [4.78, 5) is 3.26. The molecule has 0 saturated carbocycles. The van der Waals surface area contributed by atoms with Gasteiger partial charge in [-0.3, -0.25) is 5.73 Å². The Bertz CT molecular complexity index is 1010. The zero-order chi connectivity index (χ0) is 18.1. The standard InChI is InChI=1S/C22H18ClN3/c23-19-9-5-4-8-16(19)21-17-12-15(14-6-2-1-3-7-14)10-11-20(17)26-22(25)18(21)13-24/h1-9,15H,10-12H2,(H2,25,26)/p+1/t15-/m1/s1. The predicted octanol–water partition coefficient (Wildman–Crippen LogP) is 4.55. The summed E-state index contributed by atoms with van der Waals surface area (Å²) >= 11 is 6.48. The van der Waals surface area contributed by atoms with Gasteiger partial charge in [0.2, 0.25) is 0 Å². The number of H-pyrrole nitrogens is 1. The first-order valence-electron chi connectivity index (χ1n) is 8.75. The normalized spacial score (nSPS) is 15.9. The van der Waals surface area contributed by atoms with E-state index < -0.39 is 0 Å². The average Bonchev–Trinajstić information content (AvgIpc) is 2.68. The number of nitrogen functional groups attached to an aromatic ring is 1. The average molecular weight is 361 g/mol. The number of nitrogens with two attached hydrogens (primary N) is 1. The van der Waals surface area contributed by atoms with Gasteiger partial charge in [0, 0.05) is 28.1 Å². The molecule has 0 amide bonds. The number of hydrogen-bond donors (Lipinski definition) is 1. The molecule has 1 aromatic heterocycles. The zero-order valence-electron chi connectivity index (χ0n) is 14.3. The molecule has 128 valence electrons. The van der Waals surface area contributed by atoms with Crippen LogP contribution in [-0.2, 0) is 12.8 Å². The Kier molecular flexibility index (Phi) is 4.36. The molecule has 0 unspecified atom stereocenters. The highest BCUT2D eigenvalue weighted by molar-refractivity contribution is 6.33. The second-order valence-electron chi connectivity index (χ2n) is 6.69. The summed E-state index contributed by atoms with van der Waals surface area (Å²) in [7, 11) is 0. The van der Waals surface area contributed by atoms with Crippen molar-refractivity contribution in [3.05, 3.63) is 82.0 Å². The highest BCUT2D eigenvalue weighted by Crippen LogP contribution is 2.40. The summed E-state index contributed by atoms with van der Waals surface area (Å²) in [5.41, 5.74) is 12.0. The van der Waals surface area contributed by atoms with Crippen LogP contribution in [0.15, 0.2) is 54.6 Å². The van der Waals surface area contributed by atoms with Crippen molar-refractivity contribution < 1.29 is 4.98 Å². The van der Waals surface area contributed by atoms with Gasteiger partial charge in [0.1, 0.15) is 17.3 Å². The number of hydrogen-bond acceptors (Lipinski definition) is 2. The Labute approximate surface area is 158 Å². The number of nitriles is 1. The molecule has 3 aromatic rings. The third-order valence-electron chi connectivity index (χ3n) is 5.19. The van der Waals surface area contributed by atoms with E-state index in [1.54, 1.807) is 0 Å². The molecule has 3 N–H and O–H groups in total. The van der Waals surface area contributed by atoms with Crippen molar-refractivity contribution in [3.8, 4) is 17.2 Å². The maximum atomic E-state index is 9.74. The summed E-state index contributed by atoms with van der Waals surface area (Å²) in [6.07, 6.45) is 2.83. The van der Waals surface area contributed by atoms with Gasteiger partial charge >= 0.3 is 0 Å². The van der Waals surface area contributed by atoms with Crippen LogP contribution in [0.1, 0.15) is 34.7 Å². The molecule has 1 aliphatic carbocycles. The number of halogens is 1. The molecule has 0 radical (unpaired) electrons. The Morgan fingerprint density at radius 3 is 2.54 bits per heavy atom. The molecular weight excluding hydrogens is 342 g/mol.